The van der Waals surface area contributed by atoms with Gasteiger partial charge < -0.3 is 14.8 Å². The van der Waals surface area contributed by atoms with Crippen molar-refractivity contribution >= 4 is 28.3 Å². The van der Waals surface area contributed by atoms with Gasteiger partial charge >= 0.3 is 5.97 Å². The van der Waals surface area contributed by atoms with Crippen molar-refractivity contribution in [2.75, 3.05) is 11.9 Å². The summed E-state index contributed by atoms with van der Waals surface area (Å²) in [5, 5.41) is 4.74. The van der Waals surface area contributed by atoms with Crippen LogP contribution in [0.4, 0.5) is 5.69 Å². The molecule has 0 saturated heterocycles. The monoisotopic (exact) mass is 411 g/mol. The molecule has 1 amide bonds. The molecule has 0 aliphatic heterocycles. The topological polar surface area (TPSA) is 64.6 Å². The molecular weight excluding hydrogens is 390 g/mol. The van der Waals surface area contributed by atoms with E-state index in [9.17, 15) is 9.59 Å². The lowest BCUT2D eigenvalue weighted by atomic mass is 10.1. The Bertz CT molecular complexity index is 1180. The third-order valence-corrected chi connectivity index (χ3v) is 4.74. The first kappa shape index (κ1) is 20.2. The van der Waals surface area contributed by atoms with Gasteiger partial charge in [0.15, 0.2) is 6.61 Å². The van der Waals surface area contributed by atoms with E-state index in [1.807, 2.05) is 72.8 Å². The minimum atomic E-state index is -0.567. The van der Waals surface area contributed by atoms with E-state index in [1.165, 1.54) is 0 Å². The highest BCUT2D eigenvalue weighted by Gasteiger charge is 2.11. The molecule has 5 nitrogen and oxygen atoms in total. The average Bonchev–Trinajstić information content (AvgIpc) is 2.82. The Morgan fingerprint density at radius 3 is 2.26 bits per heavy atom. The van der Waals surface area contributed by atoms with Gasteiger partial charge in [0.2, 0.25) is 0 Å². The standard InChI is InChI=1S/C26H21NO4/c28-25(27-24-12-6-10-20-9-4-5-11-23(20)24)18-31-26(29)21-13-15-22(16-14-21)30-17-19-7-2-1-3-8-19/h1-16H,17-18H2,(H,27,28). The summed E-state index contributed by atoms with van der Waals surface area (Å²) >= 11 is 0. The second-order valence-electron chi connectivity index (χ2n) is 6.95. The number of ether oxygens (including phenoxy) is 2. The van der Waals surface area contributed by atoms with Gasteiger partial charge in [0.25, 0.3) is 5.91 Å². The van der Waals surface area contributed by atoms with Gasteiger partial charge in [-0.15, -0.1) is 0 Å². The summed E-state index contributed by atoms with van der Waals surface area (Å²) in [5.74, 6) is -0.315. The number of carbonyl (C=O) groups is 2. The summed E-state index contributed by atoms with van der Waals surface area (Å²) in [7, 11) is 0. The van der Waals surface area contributed by atoms with Crippen LogP contribution in [-0.2, 0) is 16.1 Å². The van der Waals surface area contributed by atoms with E-state index in [1.54, 1.807) is 24.3 Å². The third kappa shape index (κ3) is 5.28. The maximum Gasteiger partial charge on any atom is 0.338 e. The molecule has 0 fully saturated rings. The molecule has 0 aromatic heterocycles. The van der Waals surface area contributed by atoms with Crippen molar-refractivity contribution in [1.29, 1.82) is 0 Å². The fourth-order valence-corrected chi connectivity index (χ4v) is 3.16. The summed E-state index contributed by atoms with van der Waals surface area (Å²) in [4.78, 5) is 24.5. The van der Waals surface area contributed by atoms with E-state index >= 15 is 0 Å². The van der Waals surface area contributed by atoms with Crippen LogP contribution in [0.3, 0.4) is 0 Å². The molecule has 0 aliphatic carbocycles. The second-order valence-corrected chi connectivity index (χ2v) is 6.95. The Morgan fingerprint density at radius 2 is 1.45 bits per heavy atom. The van der Waals surface area contributed by atoms with E-state index in [0.29, 0.717) is 23.6 Å². The Hall–Kier alpha value is -4.12. The van der Waals surface area contributed by atoms with Gasteiger partial charge in [0.1, 0.15) is 12.4 Å². The number of rotatable bonds is 7. The molecule has 4 aromatic rings. The maximum absolute atomic E-state index is 12.3. The number of hydrogen-bond donors (Lipinski definition) is 1. The molecule has 0 atom stereocenters. The third-order valence-electron chi connectivity index (χ3n) is 4.74. The Balaban J connectivity index is 1.29. The van der Waals surface area contributed by atoms with Crippen molar-refractivity contribution in [3.8, 4) is 5.75 Å². The molecule has 154 valence electrons. The Labute approximate surface area is 180 Å². The summed E-state index contributed by atoms with van der Waals surface area (Å²) in [5.41, 5.74) is 2.09. The number of anilines is 1. The quantitative estimate of drug-likeness (QED) is 0.424. The lowest BCUT2D eigenvalue weighted by Gasteiger charge is -2.10. The van der Waals surface area contributed by atoms with Crippen molar-refractivity contribution in [1.82, 2.24) is 0 Å². The first-order valence-electron chi connectivity index (χ1n) is 9.90. The summed E-state index contributed by atoms with van der Waals surface area (Å²) < 4.78 is 10.9. The summed E-state index contributed by atoms with van der Waals surface area (Å²) in [6.45, 7) is 0.0767. The van der Waals surface area contributed by atoms with Crippen LogP contribution in [-0.4, -0.2) is 18.5 Å². The molecule has 31 heavy (non-hydrogen) atoms. The van der Waals surface area contributed by atoms with Gasteiger partial charge in [-0.25, -0.2) is 4.79 Å². The van der Waals surface area contributed by atoms with E-state index in [-0.39, 0.29) is 6.61 Å². The van der Waals surface area contributed by atoms with E-state index in [4.69, 9.17) is 9.47 Å². The molecule has 0 heterocycles. The number of carbonyl (C=O) groups excluding carboxylic acids is 2. The highest BCUT2D eigenvalue weighted by molar-refractivity contribution is 6.03. The van der Waals surface area contributed by atoms with Crippen LogP contribution in [0.25, 0.3) is 10.8 Å². The van der Waals surface area contributed by atoms with Gasteiger partial charge in [0.05, 0.1) is 5.56 Å². The summed E-state index contributed by atoms with van der Waals surface area (Å²) in [6, 6.07) is 29.9. The molecule has 0 aliphatic rings. The Kier molecular flexibility index (Phi) is 6.24. The first-order chi connectivity index (χ1) is 15.2. The lowest BCUT2D eigenvalue weighted by molar-refractivity contribution is -0.119. The van der Waals surface area contributed by atoms with Gasteiger partial charge in [-0.05, 0) is 41.3 Å². The van der Waals surface area contributed by atoms with Crippen molar-refractivity contribution in [3.63, 3.8) is 0 Å². The van der Waals surface area contributed by atoms with Gasteiger partial charge in [-0.1, -0.05) is 66.7 Å². The second kappa shape index (κ2) is 9.59. The minimum Gasteiger partial charge on any atom is -0.489 e. The predicted molar refractivity (Wildman–Crippen MR) is 120 cm³/mol. The van der Waals surface area contributed by atoms with Crippen LogP contribution < -0.4 is 10.1 Å². The van der Waals surface area contributed by atoms with Crippen LogP contribution in [0, 0.1) is 0 Å². The molecule has 4 aromatic carbocycles. The molecule has 1 N–H and O–H groups in total. The molecular formula is C26H21NO4. The predicted octanol–water partition coefficient (Wildman–Crippen LogP) is 5.21. The fraction of sp³-hybridized carbons (Fsp3) is 0.0769. The van der Waals surface area contributed by atoms with Crippen molar-refractivity contribution in [2.24, 2.45) is 0 Å². The molecule has 0 unspecified atom stereocenters. The first-order valence-corrected chi connectivity index (χ1v) is 9.90. The summed E-state index contributed by atoms with van der Waals surface area (Å²) in [6.07, 6.45) is 0. The van der Waals surface area contributed by atoms with Crippen LogP contribution in [0.5, 0.6) is 5.75 Å². The number of benzene rings is 4. The molecule has 4 rings (SSSR count). The van der Waals surface area contributed by atoms with E-state index < -0.39 is 11.9 Å². The average molecular weight is 411 g/mol. The smallest absolute Gasteiger partial charge is 0.338 e. The normalized spacial score (nSPS) is 10.5. The van der Waals surface area contributed by atoms with E-state index in [2.05, 4.69) is 5.32 Å². The van der Waals surface area contributed by atoms with Crippen molar-refractivity contribution in [2.45, 2.75) is 6.61 Å². The number of hydrogen-bond acceptors (Lipinski definition) is 4. The molecule has 5 heteroatoms. The van der Waals surface area contributed by atoms with Crippen LogP contribution in [0.15, 0.2) is 97.1 Å². The van der Waals surface area contributed by atoms with Gasteiger partial charge in [-0.2, -0.15) is 0 Å². The molecule has 0 radical (unpaired) electrons. The molecule has 0 bridgehead atoms. The zero-order valence-corrected chi connectivity index (χ0v) is 16.8. The lowest BCUT2D eigenvalue weighted by Crippen LogP contribution is -2.21. The van der Waals surface area contributed by atoms with Crippen LogP contribution in [0.2, 0.25) is 0 Å². The van der Waals surface area contributed by atoms with Crippen LogP contribution in [0.1, 0.15) is 15.9 Å². The highest BCUT2D eigenvalue weighted by atomic mass is 16.5. The number of fused-ring (bicyclic) bond motifs is 1. The minimum absolute atomic E-state index is 0.352. The fourth-order valence-electron chi connectivity index (χ4n) is 3.16. The van der Waals surface area contributed by atoms with Crippen molar-refractivity contribution in [3.05, 3.63) is 108 Å². The van der Waals surface area contributed by atoms with Gasteiger partial charge in [-0.3, -0.25) is 4.79 Å². The highest BCUT2D eigenvalue weighted by Crippen LogP contribution is 2.23. The molecule has 0 spiro atoms. The number of amides is 1. The van der Waals surface area contributed by atoms with E-state index in [0.717, 1.165) is 16.3 Å². The Morgan fingerprint density at radius 1 is 0.742 bits per heavy atom. The van der Waals surface area contributed by atoms with Gasteiger partial charge in [0, 0.05) is 11.1 Å². The molecule has 0 saturated carbocycles. The maximum atomic E-state index is 12.3. The van der Waals surface area contributed by atoms with Crippen LogP contribution >= 0.6 is 0 Å². The SMILES string of the molecule is O=C(COC(=O)c1ccc(OCc2ccccc2)cc1)Nc1cccc2ccccc12. The number of esters is 1. The van der Waals surface area contributed by atoms with Crippen molar-refractivity contribution < 1.29 is 19.1 Å². The largest absolute Gasteiger partial charge is 0.489 e. The number of nitrogens with one attached hydrogen (secondary N) is 1. The zero-order chi connectivity index (χ0) is 21.5. The zero-order valence-electron chi connectivity index (χ0n) is 16.8.